The van der Waals surface area contributed by atoms with E-state index in [1.54, 1.807) is 0 Å². The van der Waals surface area contributed by atoms with E-state index >= 15 is 0 Å². The SMILES string of the molecule is NS(=O)(=O)c1ccc(NC2(C(F)(F)F)CC2)cc1. The maximum atomic E-state index is 12.7. The van der Waals surface area contributed by atoms with Crippen LogP contribution >= 0.6 is 0 Å². The predicted molar refractivity (Wildman–Crippen MR) is 59.5 cm³/mol. The number of nitrogens with two attached hydrogens (primary N) is 1. The Morgan fingerprint density at radius 1 is 1.17 bits per heavy atom. The maximum Gasteiger partial charge on any atom is 0.411 e. The monoisotopic (exact) mass is 280 g/mol. The summed E-state index contributed by atoms with van der Waals surface area (Å²) < 4.78 is 60.0. The average molecular weight is 280 g/mol. The number of alkyl halides is 3. The Bertz CT molecular complexity index is 547. The Morgan fingerprint density at radius 2 is 1.67 bits per heavy atom. The van der Waals surface area contributed by atoms with Crippen LogP contribution in [0, 0.1) is 0 Å². The molecule has 0 amide bonds. The molecule has 4 nitrogen and oxygen atoms in total. The Morgan fingerprint density at radius 3 is 2.00 bits per heavy atom. The van der Waals surface area contributed by atoms with Crippen LogP contribution in [0.5, 0.6) is 0 Å². The van der Waals surface area contributed by atoms with Gasteiger partial charge >= 0.3 is 6.18 Å². The Labute approximate surface area is 102 Å². The van der Waals surface area contributed by atoms with Crippen LogP contribution in [0.4, 0.5) is 18.9 Å². The molecule has 18 heavy (non-hydrogen) atoms. The lowest BCUT2D eigenvalue weighted by Crippen LogP contribution is -2.38. The molecule has 0 aliphatic heterocycles. The Balaban J connectivity index is 2.18. The topological polar surface area (TPSA) is 72.2 Å². The van der Waals surface area contributed by atoms with Gasteiger partial charge in [0.2, 0.25) is 10.0 Å². The summed E-state index contributed by atoms with van der Waals surface area (Å²) in [4.78, 5) is -0.134. The summed E-state index contributed by atoms with van der Waals surface area (Å²) in [6.07, 6.45) is -4.27. The predicted octanol–water partition coefficient (Wildman–Crippen LogP) is 1.84. The van der Waals surface area contributed by atoms with Crippen LogP contribution in [0.1, 0.15) is 12.8 Å². The van der Waals surface area contributed by atoms with Crippen molar-refractivity contribution < 1.29 is 21.6 Å². The van der Waals surface area contributed by atoms with Gasteiger partial charge in [0.1, 0.15) is 5.54 Å². The molecule has 1 aromatic carbocycles. The van der Waals surface area contributed by atoms with Gasteiger partial charge in [0.05, 0.1) is 4.90 Å². The molecular weight excluding hydrogens is 269 g/mol. The second kappa shape index (κ2) is 3.86. The molecule has 0 unspecified atom stereocenters. The van der Waals surface area contributed by atoms with Gasteiger partial charge in [0.15, 0.2) is 0 Å². The third kappa shape index (κ3) is 2.44. The molecule has 1 aliphatic carbocycles. The average Bonchev–Trinajstić information content (AvgIpc) is 2.97. The smallest absolute Gasteiger partial charge is 0.372 e. The highest BCUT2D eigenvalue weighted by Crippen LogP contribution is 2.51. The van der Waals surface area contributed by atoms with Gasteiger partial charge in [-0.05, 0) is 37.1 Å². The van der Waals surface area contributed by atoms with E-state index in [1.807, 2.05) is 0 Å². The van der Waals surface area contributed by atoms with Gasteiger partial charge in [0.25, 0.3) is 0 Å². The van der Waals surface area contributed by atoms with E-state index in [2.05, 4.69) is 5.32 Å². The van der Waals surface area contributed by atoms with E-state index < -0.39 is 21.7 Å². The molecule has 1 saturated carbocycles. The van der Waals surface area contributed by atoms with E-state index in [0.29, 0.717) is 0 Å². The molecule has 0 aromatic heterocycles. The Hall–Kier alpha value is -1.28. The highest BCUT2D eigenvalue weighted by molar-refractivity contribution is 7.89. The maximum absolute atomic E-state index is 12.7. The van der Waals surface area contributed by atoms with Crippen LogP contribution in [-0.2, 0) is 10.0 Å². The minimum Gasteiger partial charge on any atom is -0.372 e. The minimum absolute atomic E-state index is 0.0213. The molecule has 1 aromatic rings. The second-order valence-corrected chi connectivity index (χ2v) is 5.84. The Kier molecular flexibility index (Phi) is 2.82. The van der Waals surface area contributed by atoms with Crippen molar-refractivity contribution in [2.75, 3.05) is 5.32 Å². The van der Waals surface area contributed by atoms with Gasteiger partial charge < -0.3 is 5.32 Å². The van der Waals surface area contributed by atoms with E-state index in [1.165, 1.54) is 24.3 Å². The van der Waals surface area contributed by atoms with Crippen LogP contribution in [0.2, 0.25) is 0 Å². The van der Waals surface area contributed by atoms with Gasteiger partial charge in [0, 0.05) is 5.69 Å². The van der Waals surface area contributed by atoms with Crippen molar-refractivity contribution in [2.45, 2.75) is 29.5 Å². The third-order valence-electron chi connectivity index (χ3n) is 2.86. The highest BCUT2D eigenvalue weighted by Gasteiger charge is 2.63. The number of benzene rings is 1. The number of rotatable bonds is 3. The lowest BCUT2D eigenvalue weighted by molar-refractivity contribution is -0.151. The first-order valence-corrected chi connectivity index (χ1v) is 6.66. The van der Waals surface area contributed by atoms with Crippen molar-refractivity contribution in [3.8, 4) is 0 Å². The number of anilines is 1. The van der Waals surface area contributed by atoms with Crippen LogP contribution in [0.15, 0.2) is 29.2 Å². The second-order valence-electron chi connectivity index (χ2n) is 4.27. The van der Waals surface area contributed by atoms with Gasteiger partial charge in [-0.3, -0.25) is 0 Å². The van der Waals surface area contributed by atoms with E-state index in [9.17, 15) is 21.6 Å². The van der Waals surface area contributed by atoms with Crippen LogP contribution in [-0.4, -0.2) is 20.1 Å². The van der Waals surface area contributed by atoms with Crippen LogP contribution < -0.4 is 10.5 Å². The first-order chi connectivity index (χ1) is 8.14. The molecule has 1 aliphatic rings. The van der Waals surface area contributed by atoms with E-state index in [4.69, 9.17) is 5.14 Å². The first-order valence-electron chi connectivity index (χ1n) is 5.12. The summed E-state index contributed by atoms with van der Waals surface area (Å²) in [6, 6.07) is 4.88. The van der Waals surface area contributed by atoms with Crippen molar-refractivity contribution in [3.05, 3.63) is 24.3 Å². The van der Waals surface area contributed by atoms with Crippen molar-refractivity contribution in [3.63, 3.8) is 0 Å². The normalized spacial score (nSPS) is 18.4. The van der Waals surface area contributed by atoms with Crippen LogP contribution in [0.3, 0.4) is 0 Å². The number of hydrogen-bond acceptors (Lipinski definition) is 3. The molecule has 0 spiro atoms. The van der Waals surface area contributed by atoms with Crippen molar-refractivity contribution >= 4 is 15.7 Å². The zero-order chi connectivity index (χ0) is 13.6. The summed E-state index contributed by atoms with van der Waals surface area (Å²) in [5.41, 5.74) is -1.65. The minimum atomic E-state index is -4.31. The fraction of sp³-hybridized carbons (Fsp3) is 0.400. The summed E-state index contributed by atoms with van der Waals surface area (Å²) in [7, 11) is -3.83. The molecule has 100 valence electrons. The molecule has 1 fully saturated rings. The lowest BCUT2D eigenvalue weighted by atomic mass is 10.2. The zero-order valence-corrected chi connectivity index (χ0v) is 9.98. The summed E-state index contributed by atoms with van der Waals surface area (Å²) >= 11 is 0. The fourth-order valence-corrected chi connectivity index (χ4v) is 2.12. The molecule has 2 rings (SSSR count). The van der Waals surface area contributed by atoms with Gasteiger partial charge in [-0.2, -0.15) is 13.2 Å². The molecule has 3 N–H and O–H groups in total. The molecule has 0 atom stereocenters. The first kappa shape index (κ1) is 13.2. The fourth-order valence-electron chi connectivity index (χ4n) is 1.61. The lowest BCUT2D eigenvalue weighted by Gasteiger charge is -2.21. The summed E-state index contributed by atoms with van der Waals surface area (Å²) in [5, 5.41) is 7.27. The molecule has 0 bridgehead atoms. The van der Waals surface area contributed by atoms with Gasteiger partial charge in [-0.1, -0.05) is 0 Å². The van der Waals surface area contributed by atoms with E-state index in [-0.39, 0.29) is 23.4 Å². The quantitative estimate of drug-likeness (QED) is 0.887. The third-order valence-corrected chi connectivity index (χ3v) is 3.79. The molecule has 0 heterocycles. The number of hydrogen-bond donors (Lipinski definition) is 2. The molecule has 0 saturated heterocycles. The summed E-state index contributed by atoms with van der Waals surface area (Å²) in [6.45, 7) is 0. The van der Waals surface area contributed by atoms with Gasteiger partial charge in [-0.15, -0.1) is 0 Å². The molecular formula is C10H11F3N2O2S. The number of halogens is 3. The number of nitrogens with one attached hydrogen (secondary N) is 1. The largest absolute Gasteiger partial charge is 0.411 e. The van der Waals surface area contributed by atoms with Crippen LogP contribution in [0.25, 0.3) is 0 Å². The zero-order valence-electron chi connectivity index (χ0n) is 9.16. The van der Waals surface area contributed by atoms with E-state index in [0.717, 1.165) is 0 Å². The summed E-state index contributed by atoms with van der Waals surface area (Å²) in [5.74, 6) is 0. The molecule has 8 heteroatoms. The van der Waals surface area contributed by atoms with Crippen molar-refractivity contribution in [2.24, 2.45) is 5.14 Å². The standard InChI is InChI=1S/C10H11F3N2O2S/c11-10(12,13)9(5-6-9)15-7-1-3-8(4-2-7)18(14,16)17/h1-4,15H,5-6H2,(H2,14,16,17). The van der Waals surface area contributed by atoms with Crippen molar-refractivity contribution in [1.29, 1.82) is 0 Å². The number of primary sulfonamides is 1. The van der Waals surface area contributed by atoms with Gasteiger partial charge in [-0.25, -0.2) is 13.6 Å². The molecule has 0 radical (unpaired) electrons. The van der Waals surface area contributed by atoms with Crippen molar-refractivity contribution in [1.82, 2.24) is 0 Å². The number of sulfonamides is 1. The highest BCUT2D eigenvalue weighted by atomic mass is 32.2.